The molecule has 4 nitrogen and oxygen atoms in total. The Kier molecular flexibility index (Phi) is 3.31. The molecule has 0 saturated carbocycles. The van der Waals surface area contributed by atoms with E-state index in [1.807, 2.05) is 35.9 Å². The molecule has 2 rings (SSSR count). The minimum absolute atomic E-state index is 0.123. The first-order valence-electron chi connectivity index (χ1n) is 4.92. The zero-order chi connectivity index (χ0) is 12.4. The van der Waals surface area contributed by atoms with Crippen LogP contribution in [0, 0.1) is 0 Å². The largest absolute Gasteiger partial charge is 0.375 e. The highest BCUT2D eigenvalue weighted by Crippen LogP contribution is 2.27. The monoisotopic (exact) mass is 266 g/mol. The van der Waals surface area contributed by atoms with Crippen LogP contribution in [0.2, 0.25) is 5.15 Å². The number of hydrogen-bond acceptors (Lipinski definition) is 2. The van der Waals surface area contributed by atoms with Crippen molar-refractivity contribution in [2.75, 3.05) is 0 Å². The molecule has 0 fully saturated rings. The van der Waals surface area contributed by atoms with Crippen LogP contribution in [0.4, 0.5) is 0 Å². The summed E-state index contributed by atoms with van der Waals surface area (Å²) in [6.07, 6.45) is 1.61. The highest BCUT2D eigenvalue weighted by Gasteiger charge is 2.10. The molecule has 0 amide bonds. The lowest BCUT2D eigenvalue weighted by Crippen LogP contribution is -2.24. The van der Waals surface area contributed by atoms with Crippen LogP contribution in [0.15, 0.2) is 29.4 Å². The number of thiocarbonyl (C=S) groups is 1. The summed E-state index contributed by atoms with van der Waals surface area (Å²) in [7, 11) is 1.91. The first-order chi connectivity index (χ1) is 8.11. The zero-order valence-electron chi connectivity index (χ0n) is 9.14. The molecule has 0 aliphatic rings. The number of aryl methyl sites for hydroxylation is 1. The predicted molar refractivity (Wildman–Crippen MR) is 75.4 cm³/mol. The molecule has 2 aromatic rings. The molecule has 0 aliphatic carbocycles. The van der Waals surface area contributed by atoms with E-state index in [9.17, 15) is 0 Å². The van der Waals surface area contributed by atoms with Crippen molar-refractivity contribution < 1.29 is 0 Å². The molecule has 0 aliphatic heterocycles. The van der Waals surface area contributed by atoms with Gasteiger partial charge >= 0.3 is 0 Å². The van der Waals surface area contributed by atoms with E-state index in [1.54, 1.807) is 6.21 Å². The van der Waals surface area contributed by atoms with E-state index in [4.69, 9.17) is 17.3 Å². The summed E-state index contributed by atoms with van der Waals surface area (Å²) in [5.41, 5.74) is 9.68. The minimum Gasteiger partial charge on any atom is -0.375 e. The normalized spacial score (nSPS) is 11.2. The molecule has 0 radical (unpaired) electrons. The van der Waals surface area contributed by atoms with Gasteiger partial charge in [0, 0.05) is 23.5 Å². The number of nitrogens with two attached hydrogens (primary N) is 1. The number of benzene rings is 1. The van der Waals surface area contributed by atoms with Crippen LogP contribution in [-0.2, 0) is 7.05 Å². The summed E-state index contributed by atoms with van der Waals surface area (Å²) in [6, 6.07) is 7.91. The Bertz CT molecular complexity index is 603. The van der Waals surface area contributed by atoms with Crippen molar-refractivity contribution >= 4 is 46.0 Å². The number of rotatable bonds is 2. The van der Waals surface area contributed by atoms with Gasteiger partial charge in [0.25, 0.3) is 0 Å². The van der Waals surface area contributed by atoms with Gasteiger partial charge in [-0.05, 0) is 18.3 Å². The van der Waals surface area contributed by atoms with Crippen LogP contribution in [0.25, 0.3) is 10.9 Å². The average molecular weight is 267 g/mol. The number of aromatic nitrogens is 1. The van der Waals surface area contributed by atoms with E-state index in [1.165, 1.54) is 0 Å². The van der Waals surface area contributed by atoms with Crippen molar-refractivity contribution in [3.8, 4) is 0 Å². The minimum atomic E-state index is 0.123. The molecule has 1 aromatic heterocycles. The second-order valence-corrected chi connectivity index (χ2v) is 4.31. The Morgan fingerprint density at radius 3 is 2.94 bits per heavy atom. The SMILES string of the molecule is Cn1c(Cl)c(C=NNC(N)=S)c2ccccc21. The van der Waals surface area contributed by atoms with E-state index < -0.39 is 0 Å². The van der Waals surface area contributed by atoms with E-state index in [0.717, 1.165) is 16.5 Å². The first-order valence-corrected chi connectivity index (χ1v) is 5.71. The fourth-order valence-electron chi connectivity index (χ4n) is 1.67. The molecule has 0 unspecified atom stereocenters. The van der Waals surface area contributed by atoms with E-state index >= 15 is 0 Å². The molecule has 6 heteroatoms. The standard InChI is InChI=1S/C11H11ClN4S/c1-16-9-5-3-2-4-7(9)8(10(16)12)6-14-15-11(13)17/h2-6H,1H3,(H3,13,15,17). The van der Waals surface area contributed by atoms with Crippen molar-refractivity contribution in [1.82, 2.24) is 9.99 Å². The summed E-state index contributed by atoms with van der Waals surface area (Å²) in [5.74, 6) is 0. The van der Waals surface area contributed by atoms with Gasteiger partial charge in [-0.1, -0.05) is 29.8 Å². The van der Waals surface area contributed by atoms with Gasteiger partial charge in [0.1, 0.15) is 5.15 Å². The van der Waals surface area contributed by atoms with Crippen LogP contribution >= 0.6 is 23.8 Å². The third-order valence-electron chi connectivity index (χ3n) is 2.44. The van der Waals surface area contributed by atoms with Crippen molar-refractivity contribution in [3.63, 3.8) is 0 Å². The van der Waals surface area contributed by atoms with Crippen molar-refractivity contribution in [2.45, 2.75) is 0 Å². The number of nitrogens with one attached hydrogen (secondary N) is 1. The number of hydrazone groups is 1. The lowest BCUT2D eigenvalue weighted by atomic mass is 10.2. The highest BCUT2D eigenvalue weighted by molar-refractivity contribution is 7.80. The second-order valence-electron chi connectivity index (χ2n) is 3.51. The molecule has 17 heavy (non-hydrogen) atoms. The fourth-order valence-corrected chi connectivity index (χ4v) is 1.97. The zero-order valence-corrected chi connectivity index (χ0v) is 10.7. The van der Waals surface area contributed by atoms with Crippen LogP contribution in [-0.4, -0.2) is 15.9 Å². The van der Waals surface area contributed by atoms with Gasteiger partial charge in [-0.25, -0.2) is 0 Å². The van der Waals surface area contributed by atoms with Crippen LogP contribution in [0.3, 0.4) is 0 Å². The number of halogens is 1. The summed E-state index contributed by atoms with van der Waals surface area (Å²) in [5, 5.41) is 5.71. The van der Waals surface area contributed by atoms with E-state index in [2.05, 4.69) is 22.7 Å². The molecule has 1 aromatic carbocycles. The second kappa shape index (κ2) is 4.73. The van der Waals surface area contributed by atoms with Gasteiger partial charge in [0.15, 0.2) is 5.11 Å². The van der Waals surface area contributed by atoms with Gasteiger partial charge in [0.05, 0.1) is 6.21 Å². The van der Waals surface area contributed by atoms with E-state index in [0.29, 0.717) is 5.15 Å². The number of para-hydroxylation sites is 1. The predicted octanol–water partition coefficient (Wildman–Crippen LogP) is 2.00. The molecule has 0 bridgehead atoms. The van der Waals surface area contributed by atoms with Gasteiger partial charge in [-0.2, -0.15) is 5.10 Å². The van der Waals surface area contributed by atoms with Gasteiger partial charge in [-0.15, -0.1) is 0 Å². The van der Waals surface area contributed by atoms with Gasteiger partial charge in [-0.3, -0.25) is 5.43 Å². The maximum absolute atomic E-state index is 6.23. The summed E-state index contributed by atoms with van der Waals surface area (Å²) in [6.45, 7) is 0. The number of hydrogen-bond donors (Lipinski definition) is 2. The van der Waals surface area contributed by atoms with Gasteiger partial charge < -0.3 is 10.3 Å². The maximum atomic E-state index is 6.23. The molecule has 0 spiro atoms. The Balaban J connectivity index is 2.50. The molecule has 0 atom stereocenters. The third kappa shape index (κ3) is 2.25. The van der Waals surface area contributed by atoms with Crippen molar-refractivity contribution in [2.24, 2.45) is 17.9 Å². The average Bonchev–Trinajstić information content (AvgIpc) is 2.54. The van der Waals surface area contributed by atoms with Crippen LogP contribution < -0.4 is 11.2 Å². The van der Waals surface area contributed by atoms with Crippen LogP contribution in [0.1, 0.15) is 5.56 Å². The molecule has 88 valence electrons. The van der Waals surface area contributed by atoms with Crippen molar-refractivity contribution in [1.29, 1.82) is 0 Å². The lowest BCUT2D eigenvalue weighted by molar-refractivity contribution is 0.968. The summed E-state index contributed by atoms with van der Waals surface area (Å²) < 4.78 is 1.90. The Labute approximate surface area is 109 Å². The maximum Gasteiger partial charge on any atom is 0.184 e. The smallest absolute Gasteiger partial charge is 0.184 e. The summed E-state index contributed by atoms with van der Waals surface area (Å²) >= 11 is 10.9. The molecule has 3 N–H and O–H groups in total. The Morgan fingerprint density at radius 1 is 1.53 bits per heavy atom. The van der Waals surface area contributed by atoms with Crippen LogP contribution in [0.5, 0.6) is 0 Å². The Morgan fingerprint density at radius 2 is 2.24 bits per heavy atom. The highest BCUT2D eigenvalue weighted by atomic mass is 35.5. The third-order valence-corrected chi connectivity index (χ3v) is 2.99. The number of fused-ring (bicyclic) bond motifs is 1. The molecular formula is C11H11ClN4S. The topological polar surface area (TPSA) is 55.3 Å². The Hall–Kier alpha value is -1.59. The molecule has 1 heterocycles. The van der Waals surface area contributed by atoms with Gasteiger partial charge in [0.2, 0.25) is 0 Å². The molecule has 0 saturated heterocycles. The van der Waals surface area contributed by atoms with Crippen molar-refractivity contribution in [3.05, 3.63) is 35.0 Å². The fraction of sp³-hybridized carbons (Fsp3) is 0.0909. The lowest BCUT2D eigenvalue weighted by Gasteiger charge is -1.95. The first kappa shape index (κ1) is 11.9. The summed E-state index contributed by atoms with van der Waals surface area (Å²) in [4.78, 5) is 0. The number of nitrogens with zero attached hydrogens (tertiary/aromatic N) is 2. The van der Waals surface area contributed by atoms with E-state index in [-0.39, 0.29) is 5.11 Å². The quantitative estimate of drug-likeness (QED) is 0.497. The molecular weight excluding hydrogens is 256 g/mol.